The van der Waals surface area contributed by atoms with Gasteiger partial charge in [-0.1, -0.05) is 0 Å². The molecule has 0 aliphatic carbocycles. The lowest BCUT2D eigenvalue weighted by atomic mass is 10.2. The van der Waals surface area contributed by atoms with Gasteiger partial charge in [-0.25, -0.2) is 0 Å². The summed E-state index contributed by atoms with van der Waals surface area (Å²) in [5, 5.41) is 19.7. The number of rotatable bonds is 3. The third kappa shape index (κ3) is 2.80. The first-order valence-electron chi connectivity index (χ1n) is 6.19. The monoisotopic (exact) mass is 251 g/mol. The van der Waals surface area contributed by atoms with E-state index in [1.807, 2.05) is 25.9 Å². The number of aromatic nitrogens is 1. The molecule has 0 bridgehead atoms. The Hall–Kier alpha value is -1.17. The first-order valence-corrected chi connectivity index (χ1v) is 6.19. The molecule has 100 valence electrons. The topological polar surface area (TPSA) is 59.8 Å². The van der Waals surface area contributed by atoms with Gasteiger partial charge in [0, 0.05) is 31.4 Å². The molecule has 5 nitrogen and oxygen atoms in total. The Balaban J connectivity index is 2.05. The number of pyridine rings is 1. The van der Waals surface area contributed by atoms with E-state index in [1.54, 1.807) is 12.1 Å². The van der Waals surface area contributed by atoms with Gasteiger partial charge in [-0.15, -0.1) is 0 Å². The second-order valence-electron chi connectivity index (χ2n) is 5.21. The first-order chi connectivity index (χ1) is 8.47. The van der Waals surface area contributed by atoms with Gasteiger partial charge in [0.25, 0.3) is 0 Å². The number of β-amino-alcohol motifs (C(OH)–C–C–N with tert-alkyl or cyclic N) is 1. The summed E-state index contributed by atoms with van der Waals surface area (Å²) in [5.41, 5.74) is 1.58. The van der Waals surface area contributed by atoms with Crippen molar-refractivity contribution in [3.8, 4) is 5.75 Å². The number of nitrogens with zero attached hydrogens (tertiary/aromatic N) is 3. The molecule has 0 spiro atoms. The number of aryl methyl sites for hydroxylation is 1. The van der Waals surface area contributed by atoms with E-state index >= 15 is 0 Å². The summed E-state index contributed by atoms with van der Waals surface area (Å²) in [6.45, 7) is 3.90. The van der Waals surface area contributed by atoms with Crippen molar-refractivity contribution < 1.29 is 10.2 Å². The average Bonchev–Trinajstić information content (AvgIpc) is 2.65. The molecule has 5 heteroatoms. The van der Waals surface area contributed by atoms with Crippen molar-refractivity contribution >= 4 is 0 Å². The number of hydrogen-bond acceptors (Lipinski definition) is 5. The molecule has 1 aromatic heterocycles. The van der Waals surface area contributed by atoms with E-state index in [2.05, 4.69) is 9.88 Å². The SMILES string of the molecule is Cc1ccc(O)c(CN2C[C@H](O)[C@@H](N(C)C)C2)n1. The van der Waals surface area contributed by atoms with Gasteiger partial charge >= 0.3 is 0 Å². The number of likely N-dealkylation sites (tertiary alicyclic amines) is 1. The van der Waals surface area contributed by atoms with E-state index in [0.29, 0.717) is 18.8 Å². The van der Waals surface area contributed by atoms with Crippen molar-refractivity contribution in [2.24, 2.45) is 0 Å². The van der Waals surface area contributed by atoms with Crippen LogP contribution in [0.1, 0.15) is 11.4 Å². The van der Waals surface area contributed by atoms with E-state index in [1.165, 1.54) is 0 Å². The predicted octanol–water partition coefficient (Wildman–Crippen LogP) is 0.202. The summed E-state index contributed by atoms with van der Waals surface area (Å²) in [5.74, 6) is 0.225. The largest absolute Gasteiger partial charge is 0.506 e. The van der Waals surface area contributed by atoms with Crippen LogP contribution in [0, 0.1) is 6.92 Å². The van der Waals surface area contributed by atoms with E-state index in [9.17, 15) is 10.2 Å². The van der Waals surface area contributed by atoms with Crippen LogP contribution in [-0.4, -0.2) is 64.3 Å². The second-order valence-corrected chi connectivity index (χ2v) is 5.21. The molecule has 0 saturated carbocycles. The molecule has 2 heterocycles. The highest BCUT2D eigenvalue weighted by Crippen LogP contribution is 2.21. The minimum atomic E-state index is -0.341. The summed E-state index contributed by atoms with van der Waals surface area (Å²) in [6, 6.07) is 3.62. The summed E-state index contributed by atoms with van der Waals surface area (Å²) in [7, 11) is 3.94. The zero-order valence-corrected chi connectivity index (χ0v) is 11.2. The van der Waals surface area contributed by atoms with Crippen molar-refractivity contribution in [2.75, 3.05) is 27.2 Å². The molecular formula is C13H21N3O2. The fourth-order valence-electron chi connectivity index (χ4n) is 2.41. The Morgan fingerprint density at radius 2 is 2.11 bits per heavy atom. The Kier molecular flexibility index (Phi) is 3.85. The van der Waals surface area contributed by atoms with Crippen LogP contribution in [0.4, 0.5) is 0 Å². The van der Waals surface area contributed by atoms with E-state index < -0.39 is 0 Å². The summed E-state index contributed by atoms with van der Waals surface area (Å²) in [6.07, 6.45) is -0.341. The Labute approximate surface area is 108 Å². The van der Waals surface area contributed by atoms with Crippen LogP contribution in [0.15, 0.2) is 12.1 Å². The van der Waals surface area contributed by atoms with Gasteiger partial charge in [-0.05, 0) is 33.2 Å². The van der Waals surface area contributed by atoms with Gasteiger partial charge in [0.15, 0.2) is 0 Å². The Bertz CT molecular complexity index is 423. The van der Waals surface area contributed by atoms with Crippen LogP contribution < -0.4 is 0 Å². The van der Waals surface area contributed by atoms with Crippen molar-refractivity contribution in [2.45, 2.75) is 25.6 Å². The molecule has 1 aromatic rings. The molecule has 1 fully saturated rings. The number of aromatic hydroxyl groups is 1. The van der Waals surface area contributed by atoms with Crippen LogP contribution in [0.5, 0.6) is 5.75 Å². The highest BCUT2D eigenvalue weighted by molar-refractivity contribution is 5.27. The normalized spacial score (nSPS) is 24.9. The smallest absolute Gasteiger partial charge is 0.138 e. The molecule has 1 saturated heterocycles. The highest BCUT2D eigenvalue weighted by Gasteiger charge is 2.32. The van der Waals surface area contributed by atoms with Crippen LogP contribution in [0.2, 0.25) is 0 Å². The number of likely N-dealkylation sites (N-methyl/N-ethyl adjacent to an activating group) is 1. The third-order valence-corrected chi connectivity index (χ3v) is 3.46. The van der Waals surface area contributed by atoms with Crippen LogP contribution in [-0.2, 0) is 6.54 Å². The van der Waals surface area contributed by atoms with Gasteiger partial charge in [0.2, 0.25) is 0 Å². The molecule has 1 aliphatic heterocycles. The molecule has 0 amide bonds. The van der Waals surface area contributed by atoms with Gasteiger partial charge in [0.1, 0.15) is 5.75 Å². The molecule has 0 radical (unpaired) electrons. The maximum atomic E-state index is 9.97. The number of aliphatic hydroxyl groups is 1. The average molecular weight is 251 g/mol. The third-order valence-electron chi connectivity index (χ3n) is 3.46. The summed E-state index contributed by atoms with van der Waals surface area (Å²) >= 11 is 0. The molecule has 2 atom stereocenters. The molecule has 0 aromatic carbocycles. The van der Waals surface area contributed by atoms with Crippen LogP contribution in [0.3, 0.4) is 0 Å². The highest BCUT2D eigenvalue weighted by atomic mass is 16.3. The Morgan fingerprint density at radius 3 is 2.72 bits per heavy atom. The van der Waals surface area contributed by atoms with Gasteiger partial charge in [0.05, 0.1) is 11.8 Å². The standard InChI is InChI=1S/C13H21N3O2/c1-9-4-5-12(17)10(14-9)6-16-7-11(15(2)3)13(18)8-16/h4-5,11,13,17-18H,6-8H2,1-3H3/t11-,13-/m0/s1. The maximum Gasteiger partial charge on any atom is 0.138 e. The van der Waals surface area contributed by atoms with Gasteiger partial charge in [-0.3, -0.25) is 9.88 Å². The molecule has 2 rings (SSSR count). The van der Waals surface area contributed by atoms with Crippen molar-refractivity contribution in [1.82, 2.24) is 14.8 Å². The maximum absolute atomic E-state index is 9.97. The molecule has 0 unspecified atom stereocenters. The molecule has 18 heavy (non-hydrogen) atoms. The van der Waals surface area contributed by atoms with E-state index in [4.69, 9.17) is 0 Å². The van der Waals surface area contributed by atoms with E-state index in [0.717, 1.165) is 12.2 Å². The van der Waals surface area contributed by atoms with Crippen LogP contribution in [0.25, 0.3) is 0 Å². The molecule has 2 N–H and O–H groups in total. The Morgan fingerprint density at radius 1 is 1.39 bits per heavy atom. The quantitative estimate of drug-likeness (QED) is 0.804. The fourth-order valence-corrected chi connectivity index (χ4v) is 2.41. The van der Waals surface area contributed by atoms with Crippen molar-refractivity contribution in [1.29, 1.82) is 0 Å². The second kappa shape index (κ2) is 5.22. The minimum absolute atomic E-state index is 0.150. The summed E-state index contributed by atoms with van der Waals surface area (Å²) < 4.78 is 0. The molecular weight excluding hydrogens is 230 g/mol. The lowest BCUT2D eigenvalue weighted by Crippen LogP contribution is -2.37. The lowest BCUT2D eigenvalue weighted by Gasteiger charge is -2.21. The van der Waals surface area contributed by atoms with Crippen LogP contribution >= 0.6 is 0 Å². The van der Waals surface area contributed by atoms with Gasteiger partial charge < -0.3 is 15.1 Å². The van der Waals surface area contributed by atoms with Crippen molar-refractivity contribution in [3.63, 3.8) is 0 Å². The lowest BCUT2D eigenvalue weighted by molar-refractivity contribution is 0.112. The minimum Gasteiger partial charge on any atom is -0.506 e. The predicted molar refractivity (Wildman–Crippen MR) is 69.4 cm³/mol. The number of hydrogen-bond donors (Lipinski definition) is 2. The van der Waals surface area contributed by atoms with E-state index in [-0.39, 0.29) is 17.9 Å². The first kappa shape index (κ1) is 13.3. The van der Waals surface area contributed by atoms with Gasteiger partial charge in [-0.2, -0.15) is 0 Å². The van der Waals surface area contributed by atoms with Crippen molar-refractivity contribution in [3.05, 3.63) is 23.5 Å². The zero-order chi connectivity index (χ0) is 13.3. The number of aliphatic hydroxyl groups excluding tert-OH is 1. The molecule has 1 aliphatic rings. The fraction of sp³-hybridized carbons (Fsp3) is 0.615. The summed E-state index contributed by atoms with van der Waals surface area (Å²) in [4.78, 5) is 8.50. The zero-order valence-electron chi connectivity index (χ0n) is 11.2.